The molecule has 0 aromatic heterocycles. The maximum absolute atomic E-state index is 9.13. The van der Waals surface area contributed by atoms with Crippen LogP contribution in [0.3, 0.4) is 0 Å². The maximum atomic E-state index is 9.13. The summed E-state index contributed by atoms with van der Waals surface area (Å²) < 4.78 is 5.87. The molecule has 0 spiro atoms. The SMILES string of the molecule is Cc1ccc(C#N)c(Oc2ccc3ccccc3c2)c1. The largest absolute Gasteiger partial charge is 0.456 e. The standard InChI is InChI=1S/C18H13NO/c1-13-6-7-16(12-19)18(10-13)20-17-9-8-14-4-2-3-5-15(14)11-17/h2-11H,1H3. The minimum atomic E-state index is 0.545. The van der Waals surface area contributed by atoms with E-state index in [9.17, 15) is 0 Å². The lowest BCUT2D eigenvalue weighted by molar-refractivity contribution is 0.481. The third-order valence-corrected chi connectivity index (χ3v) is 3.21. The Morgan fingerprint density at radius 2 is 1.70 bits per heavy atom. The van der Waals surface area contributed by atoms with Gasteiger partial charge < -0.3 is 4.74 Å². The van der Waals surface area contributed by atoms with Gasteiger partial charge in [0.05, 0.1) is 5.56 Å². The van der Waals surface area contributed by atoms with Gasteiger partial charge >= 0.3 is 0 Å². The average molecular weight is 259 g/mol. The van der Waals surface area contributed by atoms with Crippen LogP contribution in [-0.4, -0.2) is 0 Å². The molecule has 2 nitrogen and oxygen atoms in total. The highest BCUT2D eigenvalue weighted by atomic mass is 16.5. The molecule has 96 valence electrons. The van der Waals surface area contributed by atoms with E-state index in [1.165, 1.54) is 5.39 Å². The van der Waals surface area contributed by atoms with Crippen LogP contribution >= 0.6 is 0 Å². The molecule has 2 heteroatoms. The Morgan fingerprint density at radius 1 is 0.900 bits per heavy atom. The van der Waals surface area contributed by atoms with Crippen LogP contribution in [0, 0.1) is 18.3 Å². The van der Waals surface area contributed by atoms with Crippen LogP contribution in [0.2, 0.25) is 0 Å². The van der Waals surface area contributed by atoms with Gasteiger partial charge in [-0.05, 0) is 47.5 Å². The first-order valence-electron chi connectivity index (χ1n) is 6.44. The summed E-state index contributed by atoms with van der Waals surface area (Å²) in [5.41, 5.74) is 1.61. The monoisotopic (exact) mass is 259 g/mol. The van der Waals surface area contributed by atoms with Gasteiger partial charge in [-0.15, -0.1) is 0 Å². The Hall–Kier alpha value is -2.79. The van der Waals surface area contributed by atoms with Crippen molar-refractivity contribution in [2.24, 2.45) is 0 Å². The Kier molecular flexibility index (Phi) is 3.10. The number of nitrogens with zero attached hydrogens (tertiary/aromatic N) is 1. The number of fused-ring (bicyclic) bond motifs is 1. The molecule has 0 fully saturated rings. The van der Waals surface area contributed by atoms with Crippen LogP contribution in [-0.2, 0) is 0 Å². The number of rotatable bonds is 2. The number of aryl methyl sites for hydroxylation is 1. The van der Waals surface area contributed by atoms with Crippen LogP contribution in [0.25, 0.3) is 10.8 Å². The van der Waals surface area contributed by atoms with Crippen molar-refractivity contribution < 1.29 is 4.74 Å². The quantitative estimate of drug-likeness (QED) is 0.661. The summed E-state index contributed by atoms with van der Waals surface area (Å²) in [6.45, 7) is 1.98. The van der Waals surface area contributed by atoms with Crippen LogP contribution in [0.15, 0.2) is 60.7 Å². The lowest BCUT2D eigenvalue weighted by atomic mass is 10.1. The van der Waals surface area contributed by atoms with Crippen molar-refractivity contribution >= 4 is 10.8 Å². The fourth-order valence-corrected chi connectivity index (χ4v) is 2.16. The second kappa shape index (κ2) is 5.07. The summed E-state index contributed by atoms with van der Waals surface area (Å²) in [7, 11) is 0. The molecule has 0 aliphatic carbocycles. The van der Waals surface area contributed by atoms with E-state index in [2.05, 4.69) is 12.1 Å². The molecular formula is C18H13NO. The molecule has 3 aromatic rings. The molecule has 0 saturated carbocycles. The normalized spacial score (nSPS) is 10.2. The second-order valence-electron chi connectivity index (χ2n) is 4.72. The molecule has 0 bridgehead atoms. The lowest BCUT2D eigenvalue weighted by Crippen LogP contribution is -1.89. The van der Waals surface area contributed by atoms with Crippen LogP contribution < -0.4 is 4.74 Å². The van der Waals surface area contributed by atoms with E-state index in [0.717, 1.165) is 16.7 Å². The van der Waals surface area contributed by atoms with Gasteiger partial charge in [-0.2, -0.15) is 5.26 Å². The summed E-state index contributed by atoms with van der Waals surface area (Å²) in [5.74, 6) is 1.34. The molecule has 0 amide bonds. The van der Waals surface area contributed by atoms with E-state index in [1.54, 1.807) is 6.07 Å². The number of nitriles is 1. The molecule has 0 saturated heterocycles. The summed E-state index contributed by atoms with van der Waals surface area (Å²) in [5, 5.41) is 11.4. The summed E-state index contributed by atoms with van der Waals surface area (Å²) in [6, 6.07) is 21.8. The topological polar surface area (TPSA) is 33.0 Å². The molecular weight excluding hydrogens is 246 g/mol. The number of ether oxygens (including phenoxy) is 1. The summed E-state index contributed by atoms with van der Waals surface area (Å²) >= 11 is 0. The highest BCUT2D eigenvalue weighted by Crippen LogP contribution is 2.28. The molecule has 0 heterocycles. The van der Waals surface area contributed by atoms with Gasteiger partial charge in [0.15, 0.2) is 0 Å². The van der Waals surface area contributed by atoms with Gasteiger partial charge in [0.1, 0.15) is 17.6 Å². The van der Waals surface area contributed by atoms with Crippen molar-refractivity contribution in [3.63, 3.8) is 0 Å². The van der Waals surface area contributed by atoms with Crippen molar-refractivity contribution in [1.29, 1.82) is 5.26 Å². The van der Waals surface area contributed by atoms with E-state index >= 15 is 0 Å². The Labute approximate surface area is 117 Å². The van der Waals surface area contributed by atoms with E-state index in [-0.39, 0.29) is 0 Å². The smallest absolute Gasteiger partial charge is 0.145 e. The van der Waals surface area contributed by atoms with Gasteiger partial charge in [-0.1, -0.05) is 36.4 Å². The Bertz CT molecular complexity index is 815. The average Bonchev–Trinajstić information content (AvgIpc) is 2.47. The molecule has 3 rings (SSSR count). The summed E-state index contributed by atoms with van der Waals surface area (Å²) in [4.78, 5) is 0. The molecule has 0 aliphatic heterocycles. The van der Waals surface area contributed by atoms with Crippen molar-refractivity contribution in [1.82, 2.24) is 0 Å². The minimum absolute atomic E-state index is 0.545. The van der Waals surface area contributed by atoms with Crippen LogP contribution in [0.4, 0.5) is 0 Å². The molecule has 20 heavy (non-hydrogen) atoms. The minimum Gasteiger partial charge on any atom is -0.456 e. The second-order valence-corrected chi connectivity index (χ2v) is 4.72. The predicted molar refractivity (Wildman–Crippen MR) is 79.9 cm³/mol. The highest BCUT2D eigenvalue weighted by molar-refractivity contribution is 5.83. The summed E-state index contributed by atoms with van der Waals surface area (Å²) in [6.07, 6.45) is 0. The zero-order valence-corrected chi connectivity index (χ0v) is 11.1. The molecule has 0 atom stereocenters. The van der Waals surface area contributed by atoms with E-state index in [1.807, 2.05) is 55.5 Å². The highest BCUT2D eigenvalue weighted by Gasteiger charge is 2.05. The van der Waals surface area contributed by atoms with Gasteiger partial charge in [0, 0.05) is 0 Å². The zero-order valence-electron chi connectivity index (χ0n) is 11.1. The Balaban J connectivity index is 2.01. The predicted octanol–water partition coefficient (Wildman–Crippen LogP) is 4.81. The first-order chi connectivity index (χ1) is 9.76. The van der Waals surface area contributed by atoms with E-state index in [0.29, 0.717) is 11.3 Å². The van der Waals surface area contributed by atoms with Gasteiger partial charge in [-0.3, -0.25) is 0 Å². The lowest BCUT2D eigenvalue weighted by Gasteiger charge is -2.09. The van der Waals surface area contributed by atoms with Crippen molar-refractivity contribution in [3.8, 4) is 17.6 Å². The Morgan fingerprint density at radius 3 is 2.50 bits per heavy atom. The van der Waals surface area contributed by atoms with Gasteiger partial charge in [0.2, 0.25) is 0 Å². The van der Waals surface area contributed by atoms with E-state index < -0.39 is 0 Å². The third-order valence-electron chi connectivity index (χ3n) is 3.21. The number of hydrogen-bond donors (Lipinski definition) is 0. The third kappa shape index (κ3) is 2.34. The van der Waals surface area contributed by atoms with Crippen molar-refractivity contribution in [2.45, 2.75) is 6.92 Å². The molecule has 0 radical (unpaired) electrons. The van der Waals surface area contributed by atoms with Gasteiger partial charge in [0.25, 0.3) is 0 Å². The zero-order chi connectivity index (χ0) is 13.9. The fourth-order valence-electron chi connectivity index (χ4n) is 2.16. The van der Waals surface area contributed by atoms with Crippen LogP contribution in [0.1, 0.15) is 11.1 Å². The molecule has 0 N–H and O–H groups in total. The van der Waals surface area contributed by atoms with Gasteiger partial charge in [-0.25, -0.2) is 0 Å². The van der Waals surface area contributed by atoms with E-state index in [4.69, 9.17) is 10.00 Å². The van der Waals surface area contributed by atoms with Crippen molar-refractivity contribution in [2.75, 3.05) is 0 Å². The number of hydrogen-bond acceptors (Lipinski definition) is 2. The molecule has 3 aromatic carbocycles. The number of benzene rings is 3. The first-order valence-corrected chi connectivity index (χ1v) is 6.44. The van der Waals surface area contributed by atoms with Crippen molar-refractivity contribution in [3.05, 3.63) is 71.8 Å². The van der Waals surface area contributed by atoms with Crippen LogP contribution in [0.5, 0.6) is 11.5 Å². The fraction of sp³-hybridized carbons (Fsp3) is 0.0556. The maximum Gasteiger partial charge on any atom is 0.145 e. The molecule has 0 unspecified atom stereocenters. The molecule has 0 aliphatic rings. The first kappa shape index (κ1) is 12.3.